The number of carbonyl (C=O) groups excluding carboxylic acids is 1. The number of hydrogen-bond acceptors (Lipinski definition) is 1. The van der Waals surface area contributed by atoms with E-state index in [1.54, 1.807) is 0 Å². The van der Waals surface area contributed by atoms with Gasteiger partial charge in [-0.3, -0.25) is 4.79 Å². The third kappa shape index (κ3) is 2.88. The molecule has 84 valence electrons. The van der Waals surface area contributed by atoms with Gasteiger partial charge in [-0.15, -0.1) is 0 Å². The highest BCUT2D eigenvalue weighted by Gasteiger charge is 2.20. The van der Waals surface area contributed by atoms with E-state index >= 15 is 0 Å². The van der Waals surface area contributed by atoms with Crippen LogP contribution in [-0.4, -0.2) is 13.8 Å². The van der Waals surface area contributed by atoms with Gasteiger partial charge in [0.05, 0.1) is 0 Å². The van der Waals surface area contributed by atoms with Crippen molar-refractivity contribution in [1.29, 1.82) is 0 Å². The van der Waals surface area contributed by atoms with Crippen molar-refractivity contribution in [3.05, 3.63) is 24.3 Å². The molecule has 0 spiro atoms. The Labute approximate surface area is 97.8 Å². The summed E-state index contributed by atoms with van der Waals surface area (Å²) in [7, 11) is 2.04. The molecule has 1 aromatic rings. The summed E-state index contributed by atoms with van der Waals surface area (Å²) in [4.78, 5) is 12.0. The minimum atomic E-state index is 0.199. The van der Waals surface area contributed by atoms with E-state index in [1.165, 1.54) is 24.7 Å². The average molecular weight is 215 g/mol. The zero-order chi connectivity index (χ0) is 11.4. The normalized spacial score (nSPS) is 17.0. The Morgan fingerprint density at radius 1 is 1.25 bits per heavy atom. The standard InChI is InChI=1S/C13H18BNO/c14-11-7-4-8-12(9-11)15-13(16)10-5-2-1-3-6-10/h4,7-10H,1-3,5-6,14H2,(H,15,16). The van der Waals surface area contributed by atoms with E-state index in [0.717, 1.165) is 18.5 Å². The highest BCUT2D eigenvalue weighted by atomic mass is 16.1. The quantitative estimate of drug-likeness (QED) is 0.743. The predicted molar refractivity (Wildman–Crippen MR) is 69.8 cm³/mol. The molecule has 1 saturated carbocycles. The molecule has 1 aliphatic rings. The van der Waals surface area contributed by atoms with Crippen LogP contribution in [0.4, 0.5) is 5.69 Å². The van der Waals surface area contributed by atoms with Crippen LogP contribution in [0.25, 0.3) is 0 Å². The number of rotatable bonds is 2. The summed E-state index contributed by atoms with van der Waals surface area (Å²) in [5.41, 5.74) is 2.11. The Hall–Kier alpha value is -1.25. The molecule has 1 aromatic carbocycles. The van der Waals surface area contributed by atoms with Gasteiger partial charge in [-0.2, -0.15) is 0 Å². The SMILES string of the molecule is Bc1cccc(NC(=O)C2CCCCC2)c1. The Morgan fingerprint density at radius 3 is 2.69 bits per heavy atom. The maximum absolute atomic E-state index is 12.0. The molecule has 3 heteroatoms. The molecule has 0 saturated heterocycles. The van der Waals surface area contributed by atoms with Crippen molar-refractivity contribution in [3.8, 4) is 0 Å². The summed E-state index contributed by atoms with van der Waals surface area (Å²) in [5, 5.41) is 3.01. The molecular weight excluding hydrogens is 197 g/mol. The Bertz CT molecular complexity index is 372. The lowest BCUT2D eigenvalue weighted by molar-refractivity contribution is -0.120. The van der Waals surface area contributed by atoms with Crippen molar-refractivity contribution in [3.63, 3.8) is 0 Å². The first-order valence-electron chi connectivity index (χ1n) is 6.13. The van der Waals surface area contributed by atoms with Crippen LogP contribution in [-0.2, 0) is 4.79 Å². The van der Waals surface area contributed by atoms with Crippen molar-refractivity contribution < 1.29 is 4.79 Å². The van der Waals surface area contributed by atoms with Crippen molar-refractivity contribution >= 4 is 24.9 Å². The fraction of sp³-hybridized carbons (Fsp3) is 0.462. The van der Waals surface area contributed by atoms with Crippen LogP contribution in [0.3, 0.4) is 0 Å². The molecule has 0 radical (unpaired) electrons. The van der Waals surface area contributed by atoms with Crippen LogP contribution in [0.2, 0.25) is 0 Å². The van der Waals surface area contributed by atoms with E-state index in [9.17, 15) is 4.79 Å². The second kappa shape index (κ2) is 5.19. The lowest BCUT2D eigenvalue weighted by Crippen LogP contribution is -2.25. The van der Waals surface area contributed by atoms with Crippen LogP contribution in [0, 0.1) is 5.92 Å². The number of nitrogens with one attached hydrogen (secondary N) is 1. The van der Waals surface area contributed by atoms with Gasteiger partial charge in [0, 0.05) is 11.6 Å². The molecule has 1 amide bonds. The second-order valence-corrected chi connectivity index (χ2v) is 4.69. The molecule has 0 aliphatic heterocycles. The maximum Gasteiger partial charge on any atom is 0.227 e. The minimum absolute atomic E-state index is 0.199. The van der Waals surface area contributed by atoms with Crippen LogP contribution >= 0.6 is 0 Å². The fourth-order valence-corrected chi connectivity index (χ4v) is 2.33. The second-order valence-electron chi connectivity index (χ2n) is 4.69. The number of carbonyl (C=O) groups is 1. The molecule has 2 rings (SSSR count). The molecule has 0 heterocycles. The first-order valence-corrected chi connectivity index (χ1v) is 6.13. The molecule has 0 atom stereocenters. The largest absolute Gasteiger partial charge is 0.326 e. The topological polar surface area (TPSA) is 29.1 Å². The van der Waals surface area contributed by atoms with Gasteiger partial charge in [-0.1, -0.05) is 36.9 Å². The van der Waals surface area contributed by atoms with Crippen molar-refractivity contribution in [2.45, 2.75) is 32.1 Å². The van der Waals surface area contributed by atoms with E-state index in [4.69, 9.17) is 0 Å². The Morgan fingerprint density at radius 2 is 2.00 bits per heavy atom. The highest BCUT2D eigenvalue weighted by molar-refractivity contribution is 6.32. The summed E-state index contributed by atoms with van der Waals surface area (Å²) in [6, 6.07) is 7.98. The number of benzene rings is 1. The van der Waals surface area contributed by atoms with Crippen molar-refractivity contribution in [2.75, 3.05) is 5.32 Å². The van der Waals surface area contributed by atoms with E-state index in [-0.39, 0.29) is 11.8 Å². The summed E-state index contributed by atoms with van der Waals surface area (Å²) in [5.74, 6) is 0.430. The summed E-state index contributed by atoms with van der Waals surface area (Å²) >= 11 is 0. The van der Waals surface area contributed by atoms with Gasteiger partial charge in [0.25, 0.3) is 0 Å². The van der Waals surface area contributed by atoms with Gasteiger partial charge in [0.2, 0.25) is 5.91 Å². The lowest BCUT2D eigenvalue weighted by Gasteiger charge is -2.20. The third-order valence-electron chi connectivity index (χ3n) is 3.26. The molecular formula is C13H18BNO. The monoisotopic (exact) mass is 215 g/mol. The van der Waals surface area contributed by atoms with Gasteiger partial charge >= 0.3 is 0 Å². The third-order valence-corrected chi connectivity index (χ3v) is 3.26. The van der Waals surface area contributed by atoms with Gasteiger partial charge in [-0.05, 0) is 25.0 Å². The average Bonchev–Trinajstić information content (AvgIpc) is 2.30. The molecule has 1 aliphatic carbocycles. The molecule has 1 fully saturated rings. The van der Waals surface area contributed by atoms with E-state index in [0.29, 0.717) is 0 Å². The molecule has 1 N–H and O–H groups in total. The first-order chi connectivity index (χ1) is 7.75. The van der Waals surface area contributed by atoms with Gasteiger partial charge in [0.15, 0.2) is 0 Å². The Balaban J connectivity index is 1.96. The smallest absolute Gasteiger partial charge is 0.227 e. The number of anilines is 1. The van der Waals surface area contributed by atoms with E-state index < -0.39 is 0 Å². The Kier molecular flexibility index (Phi) is 3.65. The fourth-order valence-electron chi connectivity index (χ4n) is 2.33. The van der Waals surface area contributed by atoms with Gasteiger partial charge in [-0.25, -0.2) is 0 Å². The first kappa shape index (κ1) is 11.2. The van der Waals surface area contributed by atoms with Gasteiger partial charge in [0.1, 0.15) is 7.85 Å². The van der Waals surface area contributed by atoms with Crippen molar-refractivity contribution in [2.24, 2.45) is 5.92 Å². The lowest BCUT2D eigenvalue weighted by atomic mass is 9.88. The summed E-state index contributed by atoms with van der Waals surface area (Å²) < 4.78 is 0. The molecule has 0 unspecified atom stereocenters. The van der Waals surface area contributed by atoms with E-state index in [2.05, 4.69) is 5.32 Å². The van der Waals surface area contributed by atoms with Crippen LogP contribution in [0.5, 0.6) is 0 Å². The molecule has 2 nitrogen and oxygen atoms in total. The van der Waals surface area contributed by atoms with Crippen molar-refractivity contribution in [1.82, 2.24) is 0 Å². The van der Waals surface area contributed by atoms with E-state index in [1.807, 2.05) is 32.1 Å². The number of hydrogen-bond donors (Lipinski definition) is 1. The molecule has 0 aromatic heterocycles. The zero-order valence-corrected chi connectivity index (χ0v) is 9.83. The minimum Gasteiger partial charge on any atom is -0.326 e. The predicted octanol–water partition coefficient (Wildman–Crippen LogP) is 1.46. The zero-order valence-electron chi connectivity index (χ0n) is 9.83. The van der Waals surface area contributed by atoms with Gasteiger partial charge < -0.3 is 5.32 Å². The van der Waals surface area contributed by atoms with Crippen LogP contribution in [0.15, 0.2) is 24.3 Å². The highest BCUT2D eigenvalue weighted by Crippen LogP contribution is 2.24. The van der Waals surface area contributed by atoms with Crippen LogP contribution in [0.1, 0.15) is 32.1 Å². The molecule has 0 bridgehead atoms. The summed E-state index contributed by atoms with van der Waals surface area (Å²) in [6.07, 6.45) is 5.79. The number of amides is 1. The summed E-state index contributed by atoms with van der Waals surface area (Å²) in [6.45, 7) is 0. The van der Waals surface area contributed by atoms with Crippen LogP contribution < -0.4 is 10.8 Å². The molecule has 16 heavy (non-hydrogen) atoms. The maximum atomic E-state index is 12.0.